The Morgan fingerprint density at radius 2 is 2.35 bits per heavy atom. The zero-order valence-electron chi connectivity index (χ0n) is 8.89. The Kier molecular flexibility index (Phi) is 5.09. The van der Waals surface area contributed by atoms with Crippen LogP contribution < -0.4 is 15.8 Å². The first-order valence-electron chi connectivity index (χ1n) is 4.73. The average Bonchev–Trinajstić information content (AvgIpc) is 2.33. The number of nitrogens with two attached hydrogens (primary N) is 1. The molecule has 0 atom stereocenters. The van der Waals surface area contributed by atoms with Crippen LogP contribution in [0.4, 0.5) is 0 Å². The maximum atomic E-state index is 11.3. The van der Waals surface area contributed by atoms with Crippen LogP contribution in [0.25, 0.3) is 0 Å². The van der Waals surface area contributed by atoms with Gasteiger partial charge in [-0.3, -0.25) is 4.79 Å². The molecule has 0 radical (unpaired) electrons. The lowest BCUT2D eigenvalue weighted by atomic mass is 10.3. The molecular formula is C10H12ClN3O3. The van der Waals surface area contributed by atoms with Crippen molar-refractivity contribution in [3.05, 3.63) is 29.3 Å². The van der Waals surface area contributed by atoms with Crippen molar-refractivity contribution in [2.45, 2.75) is 0 Å². The molecule has 7 heteroatoms. The molecule has 1 amide bonds. The number of halogens is 1. The van der Waals surface area contributed by atoms with E-state index >= 15 is 0 Å². The first-order valence-corrected chi connectivity index (χ1v) is 5.11. The maximum absolute atomic E-state index is 11.3. The molecule has 0 aliphatic carbocycles. The Morgan fingerprint density at radius 1 is 1.59 bits per heavy atom. The zero-order valence-corrected chi connectivity index (χ0v) is 9.65. The van der Waals surface area contributed by atoms with Gasteiger partial charge in [0.25, 0.3) is 5.91 Å². The van der Waals surface area contributed by atoms with E-state index in [1.807, 2.05) is 0 Å². The van der Waals surface area contributed by atoms with Crippen molar-refractivity contribution in [3.8, 4) is 5.75 Å². The van der Waals surface area contributed by atoms with Gasteiger partial charge in [-0.05, 0) is 18.2 Å². The number of carbonyl (C=O) groups is 1. The molecule has 6 nitrogen and oxygen atoms in total. The molecule has 1 aromatic rings. The number of oxime groups is 1. The summed E-state index contributed by atoms with van der Waals surface area (Å²) in [5.74, 6) is 0.0362. The first kappa shape index (κ1) is 13.1. The van der Waals surface area contributed by atoms with Crippen LogP contribution in [0.15, 0.2) is 29.4 Å². The number of hydrogen-bond donors (Lipinski definition) is 3. The summed E-state index contributed by atoms with van der Waals surface area (Å²) in [7, 11) is 0. The third-order valence-electron chi connectivity index (χ3n) is 1.76. The van der Waals surface area contributed by atoms with Crippen molar-refractivity contribution >= 4 is 23.3 Å². The summed E-state index contributed by atoms with van der Waals surface area (Å²) >= 11 is 5.74. The van der Waals surface area contributed by atoms with E-state index in [9.17, 15) is 4.79 Å². The lowest BCUT2D eigenvalue weighted by molar-refractivity contribution is -0.122. The summed E-state index contributed by atoms with van der Waals surface area (Å²) in [6, 6.07) is 6.69. The number of ether oxygens (including phenoxy) is 1. The number of hydrogen-bond acceptors (Lipinski definition) is 4. The van der Waals surface area contributed by atoms with Crippen LogP contribution in [-0.2, 0) is 4.79 Å². The van der Waals surface area contributed by atoms with Crippen LogP contribution in [0.3, 0.4) is 0 Å². The second-order valence-corrected chi connectivity index (χ2v) is 3.55. The summed E-state index contributed by atoms with van der Waals surface area (Å²) in [4.78, 5) is 11.3. The predicted octanol–water partition coefficient (Wildman–Crippen LogP) is 0.581. The van der Waals surface area contributed by atoms with Gasteiger partial charge in [0, 0.05) is 5.02 Å². The smallest absolute Gasteiger partial charge is 0.258 e. The van der Waals surface area contributed by atoms with Gasteiger partial charge in [0.15, 0.2) is 12.4 Å². The number of rotatable bonds is 5. The van der Waals surface area contributed by atoms with Crippen LogP contribution >= 0.6 is 11.6 Å². The Balaban J connectivity index is 2.33. The molecule has 0 heterocycles. The van der Waals surface area contributed by atoms with Gasteiger partial charge < -0.3 is 21.0 Å². The highest BCUT2D eigenvalue weighted by Crippen LogP contribution is 2.16. The van der Waals surface area contributed by atoms with Gasteiger partial charge in [0.1, 0.15) is 5.75 Å². The molecule has 1 aromatic carbocycles. The van der Waals surface area contributed by atoms with E-state index in [1.165, 1.54) is 0 Å². The van der Waals surface area contributed by atoms with Crippen molar-refractivity contribution in [2.75, 3.05) is 13.2 Å². The monoisotopic (exact) mass is 257 g/mol. The summed E-state index contributed by atoms with van der Waals surface area (Å²) in [5, 5.41) is 13.9. The van der Waals surface area contributed by atoms with Gasteiger partial charge in [-0.15, -0.1) is 0 Å². The van der Waals surface area contributed by atoms with Gasteiger partial charge >= 0.3 is 0 Å². The maximum Gasteiger partial charge on any atom is 0.258 e. The van der Waals surface area contributed by atoms with E-state index in [1.54, 1.807) is 24.3 Å². The van der Waals surface area contributed by atoms with E-state index in [2.05, 4.69) is 10.5 Å². The minimum atomic E-state index is -0.378. The summed E-state index contributed by atoms with van der Waals surface area (Å²) in [5.41, 5.74) is 5.18. The minimum absolute atomic E-state index is 0.0335. The fourth-order valence-electron chi connectivity index (χ4n) is 0.981. The molecule has 0 bridgehead atoms. The average molecular weight is 258 g/mol. The van der Waals surface area contributed by atoms with Crippen LogP contribution in [0, 0.1) is 0 Å². The topological polar surface area (TPSA) is 96.9 Å². The van der Waals surface area contributed by atoms with Gasteiger partial charge in [-0.2, -0.15) is 0 Å². The third kappa shape index (κ3) is 5.07. The van der Waals surface area contributed by atoms with Crippen LogP contribution in [0.5, 0.6) is 5.75 Å². The number of carbonyl (C=O) groups excluding carboxylic acids is 1. The third-order valence-corrected chi connectivity index (χ3v) is 2.00. The molecular weight excluding hydrogens is 246 g/mol. The van der Waals surface area contributed by atoms with Gasteiger partial charge in [0.2, 0.25) is 0 Å². The van der Waals surface area contributed by atoms with Gasteiger partial charge in [0.05, 0.1) is 6.54 Å². The molecule has 17 heavy (non-hydrogen) atoms. The number of amidine groups is 1. The van der Waals surface area contributed by atoms with E-state index in [4.69, 9.17) is 27.3 Å². The number of nitrogens with one attached hydrogen (secondary N) is 1. The van der Waals surface area contributed by atoms with Crippen molar-refractivity contribution in [3.63, 3.8) is 0 Å². The van der Waals surface area contributed by atoms with Crippen molar-refractivity contribution in [2.24, 2.45) is 10.9 Å². The number of benzene rings is 1. The fraction of sp³-hybridized carbons (Fsp3) is 0.200. The van der Waals surface area contributed by atoms with Crippen LogP contribution in [0.2, 0.25) is 5.02 Å². The zero-order chi connectivity index (χ0) is 12.7. The molecule has 0 aromatic heterocycles. The fourth-order valence-corrected chi connectivity index (χ4v) is 1.16. The molecule has 0 spiro atoms. The highest BCUT2D eigenvalue weighted by Gasteiger charge is 2.03. The molecule has 92 valence electrons. The highest BCUT2D eigenvalue weighted by molar-refractivity contribution is 6.30. The minimum Gasteiger partial charge on any atom is -0.484 e. The second kappa shape index (κ2) is 6.59. The molecule has 0 unspecified atom stereocenters. The molecule has 0 saturated carbocycles. The first-order chi connectivity index (χ1) is 8.11. The molecule has 0 aliphatic heterocycles. The molecule has 0 aliphatic rings. The summed E-state index contributed by atoms with van der Waals surface area (Å²) in [6.07, 6.45) is 0. The normalized spacial score (nSPS) is 11.0. The Bertz CT molecular complexity index is 423. The molecule has 0 fully saturated rings. The quantitative estimate of drug-likeness (QED) is 0.311. The van der Waals surface area contributed by atoms with E-state index in [0.717, 1.165) is 0 Å². The lowest BCUT2D eigenvalue weighted by Gasteiger charge is -2.06. The summed E-state index contributed by atoms with van der Waals surface area (Å²) < 4.78 is 5.17. The second-order valence-electron chi connectivity index (χ2n) is 3.11. The molecule has 1 rings (SSSR count). The molecule has 0 saturated heterocycles. The Hall–Kier alpha value is -1.95. The Morgan fingerprint density at radius 3 is 3.00 bits per heavy atom. The van der Waals surface area contributed by atoms with Crippen LogP contribution in [0.1, 0.15) is 0 Å². The van der Waals surface area contributed by atoms with Crippen molar-refractivity contribution < 1.29 is 14.7 Å². The van der Waals surface area contributed by atoms with Crippen LogP contribution in [-0.4, -0.2) is 30.1 Å². The van der Waals surface area contributed by atoms with Gasteiger partial charge in [-0.25, -0.2) is 0 Å². The van der Waals surface area contributed by atoms with E-state index in [-0.39, 0.29) is 24.9 Å². The van der Waals surface area contributed by atoms with E-state index < -0.39 is 0 Å². The standard InChI is InChI=1S/C10H12ClN3O3/c11-7-2-1-3-8(4-7)17-6-10(15)13-5-9(12)14-16/h1-4,16H,5-6H2,(H2,12,14)(H,13,15). The lowest BCUT2D eigenvalue weighted by Crippen LogP contribution is -2.36. The number of nitrogens with zero attached hydrogens (tertiary/aromatic N) is 1. The van der Waals surface area contributed by atoms with Crippen molar-refractivity contribution in [1.29, 1.82) is 0 Å². The number of amides is 1. The Labute approximate surface area is 103 Å². The molecule has 4 N–H and O–H groups in total. The SMILES string of the molecule is N/C(CNC(=O)COc1cccc(Cl)c1)=N/O. The van der Waals surface area contributed by atoms with Gasteiger partial charge in [-0.1, -0.05) is 22.8 Å². The van der Waals surface area contributed by atoms with E-state index in [0.29, 0.717) is 10.8 Å². The predicted molar refractivity (Wildman–Crippen MR) is 63.4 cm³/mol. The highest BCUT2D eigenvalue weighted by atomic mass is 35.5. The summed E-state index contributed by atoms with van der Waals surface area (Å²) in [6.45, 7) is -0.201. The van der Waals surface area contributed by atoms with Crippen molar-refractivity contribution in [1.82, 2.24) is 5.32 Å². The largest absolute Gasteiger partial charge is 0.484 e.